The summed E-state index contributed by atoms with van der Waals surface area (Å²) in [5.41, 5.74) is 2.44. The number of hydrogen-bond donors (Lipinski definition) is 2. The van der Waals surface area contributed by atoms with Gasteiger partial charge in [0.2, 0.25) is 0 Å². The summed E-state index contributed by atoms with van der Waals surface area (Å²) in [5.74, 6) is -0.264. The summed E-state index contributed by atoms with van der Waals surface area (Å²) >= 11 is 0. The number of nitrogens with one attached hydrogen (secondary N) is 2. The minimum absolute atomic E-state index is 0.193. The molecular weight excluding hydrogens is 350 g/mol. The van der Waals surface area contributed by atoms with Crippen LogP contribution >= 0.6 is 0 Å². The van der Waals surface area contributed by atoms with E-state index in [2.05, 4.69) is 15.0 Å². The van der Waals surface area contributed by atoms with Crippen LogP contribution in [0.4, 0.5) is 11.4 Å². The zero-order valence-electron chi connectivity index (χ0n) is 14.0. The predicted molar refractivity (Wildman–Crippen MR) is 101 cm³/mol. The lowest BCUT2D eigenvalue weighted by atomic mass is 10.2. The topological polar surface area (TPSA) is 88.2 Å². The molecule has 0 atom stereocenters. The first-order chi connectivity index (χ1) is 12.4. The van der Waals surface area contributed by atoms with Gasteiger partial charge in [0, 0.05) is 29.3 Å². The summed E-state index contributed by atoms with van der Waals surface area (Å²) < 4.78 is 27.3. The highest BCUT2D eigenvalue weighted by molar-refractivity contribution is 7.92. The molecular formula is C19H17N3O3S. The van der Waals surface area contributed by atoms with Crippen molar-refractivity contribution >= 4 is 27.3 Å². The van der Waals surface area contributed by atoms with Gasteiger partial charge in [-0.3, -0.25) is 14.5 Å². The highest BCUT2D eigenvalue weighted by atomic mass is 32.2. The number of pyridine rings is 1. The monoisotopic (exact) mass is 367 g/mol. The minimum atomic E-state index is -3.65. The summed E-state index contributed by atoms with van der Waals surface area (Å²) in [6.45, 7) is 1.89. The summed E-state index contributed by atoms with van der Waals surface area (Å²) in [4.78, 5) is 16.1. The number of sulfonamides is 1. The average Bonchev–Trinajstić information content (AvgIpc) is 2.64. The van der Waals surface area contributed by atoms with Crippen molar-refractivity contribution in [2.24, 2.45) is 0 Å². The molecule has 1 heterocycles. The number of anilines is 2. The molecule has 0 bridgehead atoms. The fourth-order valence-electron chi connectivity index (χ4n) is 2.26. The number of hydrogen-bond acceptors (Lipinski definition) is 4. The van der Waals surface area contributed by atoms with E-state index in [9.17, 15) is 13.2 Å². The third-order valence-corrected chi connectivity index (χ3v) is 5.07. The van der Waals surface area contributed by atoms with Crippen LogP contribution in [0.2, 0.25) is 0 Å². The smallest absolute Gasteiger partial charge is 0.261 e. The van der Waals surface area contributed by atoms with Crippen LogP contribution in [0.25, 0.3) is 0 Å². The molecule has 0 spiro atoms. The summed E-state index contributed by atoms with van der Waals surface area (Å²) in [6, 6.07) is 16.3. The van der Waals surface area contributed by atoms with Gasteiger partial charge in [0.1, 0.15) is 0 Å². The van der Waals surface area contributed by atoms with E-state index in [1.807, 2.05) is 6.92 Å². The Hall–Kier alpha value is -3.19. The lowest BCUT2D eigenvalue weighted by Crippen LogP contribution is -2.13. The first-order valence-electron chi connectivity index (χ1n) is 7.85. The lowest BCUT2D eigenvalue weighted by molar-refractivity contribution is 0.102. The largest absolute Gasteiger partial charge is 0.322 e. The molecule has 0 fully saturated rings. The van der Waals surface area contributed by atoms with Crippen molar-refractivity contribution in [1.29, 1.82) is 0 Å². The zero-order chi connectivity index (χ0) is 18.6. The van der Waals surface area contributed by atoms with E-state index in [1.165, 1.54) is 12.4 Å². The Morgan fingerprint density at radius 1 is 0.846 bits per heavy atom. The normalized spacial score (nSPS) is 11.0. The third-order valence-electron chi connectivity index (χ3n) is 3.67. The SMILES string of the molecule is Cc1ccc(S(=O)(=O)Nc2ccc(NC(=O)c3ccncc3)cc2)cc1. The first-order valence-corrected chi connectivity index (χ1v) is 9.33. The quantitative estimate of drug-likeness (QED) is 0.723. The van der Waals surface area contributed by atoms with Crippen molar-refractivity contribution in [2.45, 2.75) is 11.8 Å². The second kappa shape index (κ2) is 7.37. The predicted octanol–water partition coefficient (Wildman–Crippen LogP) is 3.44. The van der Waals surface area contributed by atoms with Gasteiger partial charge in [-0.1, -0.05) is 17.7 Å². The zero-order valence-corrected chi connectivity index (χ0v) is 14.8. The molecule has 3 aromatic rings. The summed E-state index contributed by atoms with van der Waals surface area (Å²) in [6.07, 6.45) is 3.08. The number of benzene rings is 2. The van der Waals surface area contributed by atoms with Crippen molar-refractivity contribution < 1.29 is 13.2 Å². The Balaban J connectivity index is 1.69. The van der Waals surface area contributed by atoms with Crippen molar-refractivity contribution in [3.8, 4) is 0 Å². The molecule has 7 heteroatoms. The fraction of sp³-hybridized carbons (Fsp3) is 0.0526. The second-order valence-corrected chi connectivity index (χ2v) is 7.37. The van der Waals surface area contributed by atoms with Crippen molar-refractivity contribution in [2.75, 3.05) is 10.0 Å². The number of carbonyl (C=O) groups is 1. The van der Waals surface area contributed by atoms with Crippen molar-refractivity contribution in [1.82, 2.24) is 4.98 Å². The molecule has 3 rings (SSSR count). The van der Waals surface area contributed by atoms with Gasteiger partial charge in [0.25, 0.3) is 15.9 Å². The van der Waals surface area contributed by atoms with Gasteiger partial charge in [-0.25, -0.2) is 8.42 Å². The van der Waals surface area contributed by atoms with E-state index in [0.29, 0.717) is 16.9 Å². The number of rotatable bonds is 5. The van der Waals surface area contributed by atoms with E-state index in [1.54, 1.807) is 60.7 Å². The minimum Gasteiger partial charge on any atom is -0.322 e. The van der Waals surface area contributed by atoms with Gasteiger partial charge >= 0.3 is 0 Å². The van der Waals surface area contributed by atoms with E-state index < -0.39 is 10.0 Å². The van der Waals surface area contributed by atoms with Crippen LogP contribution in [0, 0.1) is 6.92 Å². The molecule has 6 nitrogen and oxygen atoms in total. The molecule has 2 N–H and O–H groups in total. The summed E-state index contributed by atoms with van der Waals surface area (Å²) in [7, 11) is -3.65. The van der Waals surface area contributed by atoms with E-state index in [-0.39, 0.29) is 10.8 Å². The summed E-state index contributed by atoms with van der Waals surface area (Å²) in [5, 5.41) is 2.74. The van der Waals surface area contributed by atoms with Crippen LogP contribution in [0.1, 0.15) is 15.9 Å². The molecule has 1 aromatic heterocycles. The third kappa shape index (κ3) is 4.25. The molecule has 0 saturated carbocycles. The molecule has 0 aliphatic rings. The van der Waals surface area contributed by atoms with Gasteiger partial charge in [-0.15, -0.1) is 0 Å². The van der Waals surface area contributed by atoms with Crippen molar-refractivity contribution in [3.63, 3.8) is 0 Å². The molecule has 0 radical (unpaired) electrons. The number of carbonyl (C=O) groups excluding carboxylic acids is 1. The Morgan fingerprint density at radius 2 is 1.42 bits per heavy atom. The number of amides is 1. The molecule has 2 aromatic carbocycles. The van der Waals surface area contributed by atoms with E-state index >= 15 is 0 Å². The maximum absolute atomic E-state index is 12.4. The van der Waals surface area contributed by atoms with Crippen LogP contribution < -0.4 is 10.0 Å². The van der Waals surface area contributed by atoms with Gasteiger partial charge in [0.15, 0.2) is 0 Å². The van der Waals surface area contributed by atoms with Gasteiger partial charge < -0.3 is 5.32 Å². The lowest BCUT2D eigenvalue weighted by Gasteiger charge is -2.10. The van der Waals surface area contributed by atoms with Gasteiger partial charge in [0.05, 0.1) is 4.90 Å². The number of aryl methyl sites for hydroxylation is 1. The fourth-order valence-corrected chi connectivity index (χ4v) is 3.32. The Labute approximate surface area is 152 Å². The molecule has 1 amide bonds. The highest BCUT2D eigenvalue weighted by Crippen LogP contribution is 2.19. The van der Waals surface area contributed by atoms with Crippen LogP contribution in [0.3, 0.4) is 0 Å². The first kappa shape index (κ1) is 17.6. The Morgan fingerprint density at radius 3 is 2.04 bits per heavy atom. The molecule has 0 unspecified atom stereocenters. The van der Waals surface area contributed by atoms with Crippen LogP contribution in [-0.2, 0) is 10.0 Å². The Kier molecular flexibility index (Phi) is 4.99. The van der Waals surface area contributed by atoms with E-state index in [0.717, 1.165) is 5.56 Å². The molecule has 0 aliphatic carbocycles. The number of aromatic nitrogens is 1. The highest BCUT2D eigenvalue weighted by Gasteiger charge is 2.14. The Bertz CT molecular complexity index is 1000. The van der Waals surface area contributed by atoms with Crippen LogP contribution in [0.5, 0.6) is 0 Å². The molecule has 132 valence electrons. The maximum Gasteiger partial charge on any atom is 0.261 e. The van der Waals surface area contributed by atoms with Crippen LogP contribution in [0.15, 0.2) is 78.0 Å². The molecule has 0 aliphatic heterocycles. The molecule has 26 heavy (non-hydrogen) atoms. The maximum atomic E-state index is 12.4. The van der Waals surface area contributed by atoms with Gasteiger partial charge in [-0.05, 0) is 55.5 Å². The van der Waals surface area contributed by atoms with Crippen molar-refractivity contribution in [3.05, 3.63) is 84.2 Å². The van der Waals surface area contributed by atoms with Crippen LogP contribution in [-0.4, -0.2) is 19.3 Å². The molecule has 0 saturated heterocycles. The average molecular weight is 367 g/mol. The van der Waals surface area contributed by atoms with E-state index in [4.69, 9.17) is 0 Å². The van der Waals surface area contributed by atoms with Gasteiger partial charge in [-0.2, -0.15) is 0 Å². The second-order valence-electron chi connectivity index (χ2n) is 5.69. The number of nitrogens with zero attached hydrogens (tertiary/aromatic N) is 1. The standard InChI is InChI=1S/C19H17N3O3S/c1-14-2-8-18(9-3-14)26(24,25)22-17-6-4-16(5-7-17)21-19(23)15-10-12-20-13-11-15/h2-13,22H,1H3,(H,21,23).